The third-order valence-electron chi connectivity index (χ3n) is 3.93. The van der Waals surface area contributed by atoms with Crippen LogP contribution in [0.3, 0.4) is 0 Å². The third kappa shape index (κ3) is 4.02. The van der Waals surface area contributed by atoms with E-state index in [4.69, 9.17) is 11.6 Å². The summed E-state index contributed by atoms with van der Waals surface area (Å²) in [7, 11) is 3.59. The summed E-state index contributed by atoms with van der Waals surface area (Å²) in [6, 6.07) is 3.82. The summed E-state index contributed by atoms with van der Waals surface area (Å²) in [5, 5.41) is 14.6. The number of hydrogen-bond donors (Lipinski definition) is 3. The Morgan fingerprint density at radius 2 is 2.12 bits per heavy atom. The molecule has 0 radical (unpaired) electrons. The van der Waals surface area contributed by atoms with Gasteiger partial charge in [-0.3, -0.25) is 5.10 Å². The monoisotopic (exact) mass is 363 g/mol. The van der Waals surface area contributed by atoms with Crippen molar-refractivity contribution < 1.29 is 4.39 Å². The van der Waals surface area contributed by atoms with Crippen LogP contribution in [0.4, 0.5) is 4.39 Å². The molecule has 5 nitrogen and oxygen atoms in total. The summed E-state index contributed by atoms with van der Waals surface area (Å²) in [4.78, 5) is 4.36. The topological polar surface area (TPSA) is 65.1 Å². The number of rotatable bonds is 6. The van der Waals surface area contributed by atoms with E-state index in [1.54, 1.807) is 13.2 Å². The van der Waals surface area contributed by atoms with Crippen molar-refractivity contribution >= 4 is 33.9 Å². The summed E-state index contributed by atoms with van der Waals surface area (Å²) >= 11 is 6.39. The van der Waals surface area contributed by atoms with E-state index in [1.165, 1.54) is 6.92 Å². The fourth-order valence-corrected chi connectivity index (χ4v) is 2.83. The number of alkyl halides is 1. The predicted molar refractivity (Wildman–Crippen MR) is 104 cm³/mol. The maximum absolute atomic E-state index is 13.6. The first-order chi connectivity index (χ1) is 11.9. The van der Waals surface area contributed by atoms with Gasteiger partial charge < -0.3 is 10.6 Å². The predicted octanol–water partition coefficient (Wildman–Crippen LogP) is 4.05. The second-order valence-corrected chi connectivity index (χ2v) is 5.97. The van der Waals surface area contributed by atoms with E-state index in [0.29, 0.717) is 10.9 Å². The SMILES string of the molecule is C=C(/N=C(NC)/C(=C(/CC)NC)c1cc(Cl)c2[nH]ncc2c1)C(C)F. The summed E-state index contributed by atoms with van der Waals surface area (Å²) in [5.41, 5.74) is 3.56. The van der Waals surface area contributed by atoms with Crippen LogP contribution in [-0.2, 0) is 0 Å². The molecule has 134 valence electrons. The van der Waals surface area contributed by atoms with Crippen LogP contribution >= 0.6 is 11.6 Å². The number of aromatic amines is 1. The number of nitrogens with zero attached hydrogens (tertiary/aromatic N) is 2. The molecule has 0 bridgehead atoms. The Balaban J connectivity index is 2.71. The van der Waals surface area contributed by atoms with Gasteiger partial charge in [0.1, 0.15) is 12.0 Å². The molecular weight excluding hydrogens is 341 g/mol. The van der Waals surface area contributed by atoms with Gasteiger partial charge in [0.05, 0.1) is 22.4 Å². The Morgan fingerprint density at radius 3 is 2.68 bits per heavy atom. The molecule has 0 fully saturated rings. The first-order valence-corrected chi connectivity index (χ1v) is 8.44. The summed E-state index contributed by atoms with van der Waals surface area (Å²) in [6.45, 7) is 7.15. The number of halogens is 2. The number of allylic oxidation sites excluding steroid dienone is 2. The van der Waals surface area contributed by atoms with E-state index in [2.05, 4.69) is 32.4 Å². The molecule has 1 unspecified atom stereocenters. The van der Waals surface area contributed by atoms with Crippen LogP contribution in [0.2, 0.25) is 5.02 Å². The largest absolute Gasteiger partial charge is 0.391 e. The lowest BCUT2D eigenvalue weighted by Crippen LogP contribution is -2.24. The normalized spacial score (nSPS) is 14.2. The molecule has 0 amide bonds. The Bertz CT molecular complexity index is 829. The molecule has 0 aliphatic carbocycles. The zero-order chi connectivity index (χ0) is 18.6. The molecule has 1 heterocycles. The highest BCUT2D eigenvalue weighted by Gasteiger charge is 2.17. The molecular formula is C18H23ClFN5. The number of nitrogens with one attached hydrogen (secondary N) is 3. The highest BCUT2D eigenvalue weighted by atomic mass is 35.5. The number of likely N-dealkylation sites (N-methyl/N-ethyl adjacent to an activating group) is 1. The molecule has 0 aliphatic heterocycles. The number of benzene rings is 1. The molecule has 0 saturated heterocycles. The Morgan fingerprint density at radius 1 is 1.40 bits per heavy atom. The van der Waals surface area contributed by atoms with Crippen LogP contribution in [0.1, 0.15) is 25.8 Å². The molecule has 1 aromatic carbocycles. The van der Waals surface area contributed by atoms with E-state index < -0.39 is 6.17 Å². The van der Waals surface area contributed by atoms with E-state index in [9.17, 15) is 4.39 Å². The quantitative estimate of drug-likeness (QED) is 0.536. The fourth-order valence-electron chi connectivity index (χ4n) is 2.56. The smallest absolute Gasteiger partial charge is 0.139 e. The van der Waals surface area contributed by atoms with Gasteiger partial charge in [0.25, 0.3) is 0 Å². The van der Waals surface area contributed by atoms with Crippen molar-refractivity contribution in [3.8, 4) is 0 Å². The van der Waals surface area contributed by atoms with Crippen LogP contribution in [0.25, 0.3) is 16.5 Å². The van der Waals surface area contributed by atoms with Crippen molar-refractivity contribution in [2.24, 2.45) is 4.99 Å². The Labute approximate surface area is 152 Å². The zero-order valence-electron chi connectivity index (χ0n) is 14.9. The molecule has 1 atom stereocenters. The first kappa shape index (κ1) is 19.0. The van der Waals surface area contributed by atoms with Crippen molar-refractivity contribution in [2.45, 2.75) is 26.4 Å². The van der Waals surface area contributed by atoms with Crippen LogP contribution in [0.15, 0.2) is 41.3 Å². The van der Waals surface area contributed by atoms with Crippen molar-refractivity contribution in [3.05, 3.63) is 46.9 Å². The molecule has 1 aromatic heterocycles. The minimum atomic E-state index is -1.23. The number of aliphatic imine (C=N–C) groups is 1. The van der Waals surface area contributed by atoms with Gasteiger partial charge in [0, 0.05) is 30.8 Å². The van der Waals surface area contributed by atoms with Crippen molar-refractivity contribution in [3.63, 3.8) is 0 Å². The van der Waals surface area contributed by atoms with Gasteiger partial charge in [-0.25, -0.2) is 9.38 Å². The summed E-state index contributed by atoms with van der Waals surface area (Å²) in [6.07, 6.45) is 1.22. The lowest BCUT2D eigenvalue weighted by molar-refractivity contribution is 0.409. The minimum Gasteiger partial charge on any atom is -0.391 e. The highest BCUT2D eigenvalue weighted by Crippen LogP contribution is 2.29. The van der Waals surface area contributed by atoms with E-state index >= 15 is 0 Å². The van der Waals surface area contributed by atoms with Crippen molar-refractivity contribution in [2.75, 3.05) is 14.1 Å². The minimum absolute atomic E-state index is 0.156. The number of amidine groups is 1. The standard InChI is InChI=1S/C18H23ClFN5/c1-6-15(21-4)16(18(22-5)24-11(3)10(2)20)12-7-13-9-23-25-17(13)14(19)8-12/h7-10,21H,3,6H2,1-2,4-5H3,(H,22,24)(H,23,25)/b16-15-. The van der Waals surface area contributed by atoms with Gasteiger partial charge in [-0.1, -0.05) is 25.1 Å². The average Bonchev–Trinajstić information content (AvgIpc) is 3.06. The fraction of sp³-hybridized carbons (Fsp3) is 0.333. The second-order valence-electron chi connectivity index (χ2n) is 5.57. The van der Waals surface area contributed by atoms with Crippen LogP contribution in [0, 0.1) is 0 Å². The maximum Gasteiger partial charge on any atom is 0.139 e. The number of H-pyrrole nitrogens is 1. The zero-order valence-corrected chi connectivity index (χ0v) is 15.6. The lowest BCUT2D eigenvalue weighted by Gasteiger charge is -2.18. The average molecular weight is 364 g/mol. The highest BCUT2D eigenvalue weighted by molar-refractivity contribution is 6.36. The summed E-state index contributed by atoms with van der Waals surface area (Å²) in [5.74, 6) is 0.527. The van der Waals surface area contributed by atoms with Crippen LogP contribution in [-0.4, -0.2) is 36.3 Å². The third-order valence-corrected chi connectivity index (χ3v) is 4.23. The molecule has 0 aliphatic rings. The van der Waals surface area contributed by atoms with Gasteiger partial charge in [0.15, 0.2) is 0 Å². The van der Waals surface area contributed by atoms with Crippen molar-refractivity contribution in [1.29, 1.82) is 0 Å². The number of fused-ring (bicyclic) bond motifs is 1. The van der Waals surface area contributed by atoms with E-state index in [-0.39, 0.29) is 5.70 Å². The molecule has 25 heavy (non-hydrogen) atoms. The Kier molecular flexibility index (Phi) is 6.20. The van der Waals surface area contributed by atoms with Gasteiger partial charge in [-0.2, -0.15) is 5.10 Å². The van der Waals surface area contributed by atoms with Gasteiger partial charge >= 0.3 is 0 Å². The molecule has 7 heteroatoms. The van der Waals surface area contributed by atoms with Crippen molar-refractivity contribution in [1.82, 2.24) is 20.8 Å². The molecule has 2 rings (SSSR count). The molecule has 0 saturated carbocycles. The maximum atomic E-state index is 13.6. The molecule has 3 N–H and O–H groups in total. The lowest BCUT2D eigenvalue weighted by atomic mass is 9.99. The van der Waals surface area contributed by atoms with Crippen LogP contribution < -0.4 is 10.6 Å². The van der Waals surface area contributed by atoms with Gasteiger partial charge in [-0.05, 0) is 31.0 Å². The van der Waals surface area contributed by atoms with E-state index in [1.807, 2.05) is 26.1 Å². The van der Waals surface area contributed by atoms with Gasteiger partial charge in [0.2, 0.25) is 0 Å². The first-order valence-electron chi connectivity index (χ1n) is 8.06. The molecule has 0 spiro atoms. The van der Waals surface area contributed by atoms with E-state index in [0.717, 1.165) is 34.2 Å². The number of hydrogen-bond acceptors (Lipinski definition) is 3. The molecule has 2 aromatic rings. The summed E-state index contributed by atoms with van der Waals surface area (Å²) < 4.78 is 13.6. The van der Waals surface area contributed by atoms with Crippen LogP contribution in [0.5, 0.6) is 0 Å². The number of aromatic nitrogens is 2. The van der Waals surface area contributed by atoms with Gasteiger partial charge in [-0.15, -0.1) is 0 Å². The Hall–Kier alpha value is -2.34. The second kappa shape index (κ2) is 8.16.